The Labute approximate surface area is 79.0 Å². The Bertz CT molecular complexity index is 425. The maximum Gasteiger partial charge on any atom is 0.242 e. The molecule has 0 aromatic heterocycles. The quantitative estimate of drug-likeness (QED) is 0.630. The van der Waals surface area contributed by atoms with Crippen molar-refractivity contribution >= 4 is 23.2 Å². The lowest BCUT2D eigenvalue weighted by Gasteiger charge is -1.94. The number of halogens is 1. The van der Waals surface area contributed by atoms with Gasteiger partial charge in [-0.2, -0.15) is 4.99 Å². The number of azo groups is 1. The fourth-order valence-corrected chi connectivity index (χ4v) is 1.10. The predicted octanol–water partition coefficient (Wildman–Crippen LogP) is 2.32. The molecule has 2 rings (SSSR count). The Hall–Kier alpha value is -1.49. The molecule has 0 bridgehead atoms. The van der Waals surface area contributed by atoms with Gasteiger partial charge in [0.2, 0.25) is 5.11 Å². The van der Waals surface area contributed by atoms with Crippen molar-refractivity contribution in [3.05, 3.63) is 35.6 Å². The van der Waals surface area contributed by atoms with E-state index in [4.69, 9.17) is 0 Å². The van der Waals surface area contributed by atoms with Crippen LogP contribution in [0.15, 0.2) is 39.5 Å². The SMILES string of the molecule is Fc1cccc(C2=NC(=S)N=N2)c1. The zero-order chi connectivity index (χ0) is 9.26. The first-order valence-corrected chi connectivity index (χ1v) is 3.97. The lowest BCUT2D eigenvalue weighted by Crippen LogP contribution is -1.94. The van der Waals surface area contributed by atoms with E-state index in [9.17, 15) is 4.39 Å². The first-order valence-electron chi connectivity index (χ1n) is 3.56. The summed E-state index contributed by atoms with van der Waals surface area (Å²) in [6, 6.07) is 5.99. The van der Waals surface area contributed by atoms with Gasteiger partial charge in [0.15, 0.2) is 5.84 Å². The summed E-state index contributed by atoms with van der Waals surface area (Å²) in [6.45, 7) is 0. The number of thiocarbonyl (C=S) groups is 1. The fourth-order valence-electron chi connectivity index (χ4n) is 0.975. The lowest BCUT2D eigenvalue weighted by atomic mass is 10.2. The third-order valence-corrected chi connectivity index (χ3v) is 1.69. The summed E-state index contributed by atoms with van der Waals surface area (Å²) in [4.78, 5) is 3.85. The summed E-state index contributed by atoms with van der Waals surface area (Å²) in [5.41, 5.74) is 0.587. The normalized spacial score (nSPS) is 14.8. The molecule has 0 aliphatic carbocycles. The molecule has 13 heavy (non-hydrogen) atoms. The molecule has 1 aromatic carbocycles. The Morgan fingerprint density at radius 3 is 2.69 bits per heavy atom. The first kappa shape index (κ1) is 8.12. The van der Waals surface area contributed by atoms with Gasteiger partial charge in [-0.15, -0.1) is 10.2 Å². The molecule has 0 atom stereocenters. The highest BCUT2D eigenvalue weighted by Crippen LogP contribution is 2.10. The van der Waals surface area contributed by atoms with Crippen molar-refractivity contribution in [3.63, 3.8) is 0 Å². The molecule has 0 saturated carbocycles. The summed E-state index contributed by atoms with van der Waals surface area (Å²) in [5.74, 6) is 0.0396. The van der Waals surface area contributed by atoms with Crippen LogP contribution < -0.4 is 0 Å². The summed E-state index contributed by atoms with van der Waals surface area (Å²) < 4.78 is 12.8. The molecule has 0 amide bonds. The topological polar surface area (TPSA) is 37.1 Å². The van der Waals surface area contributed by atoms with E-state index in [0.717, 1.165) is 0 Å². The van der Waals surface area contributed by atoms with Crippen LogP contribution in [0.3, 0.4) is 0 Å². The third kappa shape index (κ3) is 1.65. The van der Waals surface area contributed by atoms with Crippen LogP contribution in [-0.2, 0) is 0 Å². The van der Waals surface area contributed by atoms with Crippen molar-refractivity contribution in [2.24, 2.45) is 15.2 Å². The molecule has 1 aliphatic heterocycles. The molecule has 1 aliphatic rings. The minimum absolute atomic E-state index is 0.180. The minimum atomic E-state index is -0.326. The minimum Gasteiger partial charge on any atom is -0.207 e. The van der Waals surface area contributed by atoms with E-state index >= 15 is 0 Å². The van der Waals surface area contributed by atoms with Gasteiger partial charge in [-0.05, 0) is 24.4 Å². The maximum atomic E-state index is 12.8. The van der Waals surface area contributed by atoms with E-state index in [1.807, 2.05) is 0 Å². The molecule has 0 saturated heterocycles. The molecule has 5 heteroatoms. The molecule has 1 heterocycles. The van der Waals surface area contributed by atoms with Crippen LogP contribution in [0, 0.1) is 5.82 Å². The smallest absolute Gasteiger partial charge is 0.207 e. The van der Waals surface area contributed by atoms with Crippen molar-refractivity contribution in [2.45, 2.75) is 0 Å². The van der Waals surface area contributed by atoms with Gasteiger partial charge in [-0.1, -0.05) is 12.1 Å². The average molecular weight is 193 g/mol. The van der Waals surface area contributed by atoms with E-state index in [1.54, 1.807) is 12.1 Å². The monoisotopic (exact) mass is 193 g/mol. The van der Waals surface area contributed by atoms with Gasteiger partial charge in [0.25, 0.3) is 0 Å². The lowest BCUT2D eigenvalue weighted by molar-refractivity contribution is 0.627. The molecule has 0 radical (unpaired) electrons. The number of amidine groups is 1. The van der Waals surface area contributed by atoms with Gasteiger partial charge < -0.3 is 0 Å². The Balaban J connectivity index is 2.42. The van der Waals surface area contributed by atoms with E-state index in [0.29, 0.717) is 11.4 Å². The van der Waals surface area contributed by atoms with Gasteiger partial charge in [0, 0.05) is 5.56 Å². The zero-order valence-electron chi connectivity index (χ0n) is 6.44. The second-order valence-corrected chi connectivity index (χ2v) is 2.79. The molecular weight excluding hydrogens is 189 g/mol. The third-order valence-electron chi connectivity index (χ3n) is 1.51. The van der Waals surface area contributed by atoms with Gasteiger partial charge in [0.1, 0.15) is 5.82 Å². The molecule has 0 spiro atoms. The van der Waals surface area contributed by atoms with Crippen LogP contribution in [0.4, 0.5) is 4.39 Å². The molecule has 0 fully saturated rings. The van der Waals surface area contributed by atoms with Crippen LogP contribution in [-0.4, -0.2) is 10.9 Å². The highest BCUT2D eigenvalue weighted by Gasteiger charge is 2.09. The highest BCUT2D eigenvalue weighted by atomic mass is 32.1. The van der Waals surface area contributed by atoms with Gasteiger partial charge >= 0.3 is 0 Å². The second kappa shape index (κ2) is 3.10. The van der Waals surface area contributed by atoms with E-state index < -0.39 is 0 Å². The molecule has 1 aromatic rings. The van der Waals surface area contributed by atoms with Crippen LogP contribution in [0.25, 0.3) is 0 Å². The van der Waals surface area contributed by atoms with E-state index in [2.05, 4.69) is 27.4 Å². The summed E-state index contributed by atoms with van der Waals surface area (Å²) in [7, 11) is 0. The molecule has 64 valence electrons. The summed E-state index contributed by atoms with van der Waals surface area (Å²) in [6.07, 6.45) is 0. The average Bonchev–Trinajstić information content (AvgIpc) is 2.52. The zero-order valence-corrected chi connectivity index (χ0v) is 7.25. The summed E-state index contributed by atoms with van der Waals surface area (Å²) >= 11 is 4.69. The highest BCUT2D eigenvalue weighted by molar-refractivity contribution is 7.80. The Kier molecular flexibility index (Phi) is 1.94. The first-order chi connectivity index (χ1) is 6.25. The predicted molar refractivity (Wildman–Crippen MR) is 50.4 cm³/mol. The molecule has 0 N–H and O–H groups in total. The van der Waals surface area contributed by atoms with Crippen molar-refractivity contribution in [3.8, 4) is 0 Å². The Morgan fingerprint density at radius 1 is 1.23 bits per heavy atom. The summed E-state index contributed by atoms with van der Waals surface area (Å²) in [5, 5.41) is 7.43. The standard InChI is InChI=1S/C8H4FN3S/c9-6-3-1-2-5(4-6)7-10-8(13)12-11-7/h1-4H. The number of rotatable bonds is 1. The molecule has 3 nitrogen and oxygen atoms in total. The second-order valence-electron chi connectivity index (χ2n) is 2.43. The Morgan fingerprint density at radius 2 is 2.08 bits per heavy atom. The maximum absolute atomic E-state index is 12.8. The van der Waals surface area contributed by atoms with Crippen molar-refractivity contribution < 1.29 is 4.39 Å². The van der Waals surface area contributed by atoms with E-state index in [1.165, 1.54) is 12.1 Å². The van der Waals surface area contributed by atoms with Gasteiger partial charge in [0.05, 0.1) is 0 Å². The van der Waals surface area contributed by atoms with Crippen LogP contribution in [0.2, 0.25) is 0 Å². The van der Waals surface area contributed by atoms with Crippen LogP contribution in [0.1, 0.15) is 5.56 Å². The van der Waals surface area contributed by atoms with Gasteiger partial charge in [-0.3, -0.25) is 0 Å². The molecular formula is C8H4FN3S. The fraction of sp³-hybridized carbons (Fsp3) is 0. The number of aliphatic imine (C=N–C) groups is 1. The van der Waals surface area contributed by atoms with E-state index in [-0.39, 0.29) is 10.9 Å². The number of hydrogen-bond donors (Lipinski definition) is 0. The van der Waals surface area contributed by atoms with Crippen LogP contribution >= 0.6 is 12.2 Å². The van der Waals surface area contributed by atoms with Crippen molar-refractivity contribution in [1.29, 1.82) is 0 Å². The molecule has 0 unspecified atom stereocenters. The number of benzene rings is 1. The number of nitrogens with zero attached hydrogens (tertiary/aromatic N) is 3. The van der Waals surface area contributed by atoms with Gasteiger partial charge in [-0.25, -0.2) is 4.39 Å². The largest absolute Gasteiger partial charge is 0.242 e. The van der Waals surface area contributed by atoms with Crippen LogP contribution in [0.5, 0.6) is 0 Å². The number of hydrogen-bond acceptors (Lipinski definition) is 2. The van der Waals surface area contributed by atoms with Crippen molar-refractivity contribution in [1.82, 2.24) is 0 Å². The van der Waals surface area contributed by atoms with Crippen molar-refractivity contribution in [2.75, 3.05) is 0 Å².